The van der Waals surface area contributed by atoms with Crippen molar-refractivity contribution in [1.82, 2.24) is 4.98 Å². The number of hydrogen-bond donors (Lipinski definition) is 0. The third kappa shape index (κ3) is 3.09. The fourth-order valence-corrected chi connectivity index (χ4v) is 3.35. The van der Waals surface area contributed by atoms with Gasteiger partial charge in [-0.25, -0.2) is 4.98 Å². The molecular formula is C17H19BrN2O2. The number of rotatable bonds is 3. The van der Waals surface area contributed by atoms with E-state index in [0.717, 1.165) is 47.1 Å². The molecule has 2 heterocycles. The monoisotopic (exact) mass is 362 g/mol. The lowest BCUT2D eigenvalue weighted by Crippen LogP contribution is -2.37. The number of carbonyl (C=O) groups excluding carboxylic acids is 1. The van der Waals surface area contributed by atoms with Crippen molar-refractivity contribution in [1.29, 1.82) is 0 Å². The fourth-order valence-electron chi connectivity index (χ4n) is 2.88. The van der Waals surface area contributed by atoms with Gasteiger partial charge in [0.05, 0.1) is 18.0 Å². The van der Waals surface area contributed by atoms with Crippen LogP contribution in [-0.2, 0) is 9.53 Å². The SMILES string of the molecule is CCOC(=O)C1CCN(c2ccc3cccc(Br)c3n2)CC1. The Hall–Kier alpha value is -1.62. The van der Waals surface area contributed by atoms with Gasteiger partial charge in [0, 0.05) is 22.9 Å². The summed E-state index contributed by atoms with van der Waals surface area (Å²) < 4.78 is 6.12. The summed E-state index contributed by atoms with van der Waals surface area (Å²) in [4.78, 5) is 18.8. The van der Waals surface area contributed by atoms with Crippen LogP contribution in [0.4, 0.5) is 5.82 Å². The van der Waals surface area contributed by atoms with E-state index in [9.17, 15) is 4.79 Å². The molecule has 4 nitrogen and oxygen atoms in total. The van der Waals surface area contributed by atoms with Gasteiger partial charge in [-0.05, 0) is 53.9 Å². The minimum atomic E-state index is -0.0589. The molecule has 5 heteroatoms. The number of halogens is 1. The normalized spacial score (nSPS) is 16.0. The van der Waals surface area contributed by atoms with Crippen LogP contribution in [0.2, 0.25) is 0 Å². The number of piperidine rings is 1. The summed E-state index contributed by atoms with van der Waals surface area (Å²) >= 11 is 3.56. The number of anilines is 1. The largest absolute Gasteiger partial charge is 0.466 e. The molecule has 22 heavy (non-hydrogen) atoms. The average molecular weight is 363 g/mol. The first-order valence-electron chi connectivity index (χ1n) is 7.66. The van der Waals surface area contributed by atoms with Gasteiger partial charge in [-0.15, -0.1) is 0 Å². The van der Waals surface area contributed by atoms with Gasteiger partial charge in [-0.2, -0.15) is 0 Å². The van der Waals surface area contributed by atoms with E-state index in [1.807, 2.05) is 19.1 Å². The zero-order valence-electron chi connectivity index (χ0n) is 12.6. The van der Waals surface area contributed by atoms with Gasteiger partial charge in [-0.1, -0.05) is 12.1 Å². The van der Waals surface area contributed by atoms with Crippen molar-refractivity contribution in [3.8, 4) is 0 Å². The molecule has 0 unspecified atom stereocenters. The summed E-state index contributed by atoms with van der Waals surface area (Å²) in [6.07, 6.45) is 1.66. The maximum absolute atomic E-state index is 11.8. The van der Waals surface area contributed by atoms with E-state index in [-0.39, 0.29) is 11.9 Å². The number of hydrogen-bond acceptors (Lipinski definition) is 4. The van der Waals surface area contributed by atoms with Crippen molar-refractivity contribution in [2.75, 3.05) is 24.6 Å². The molecule has 1 aromatic carbocycles. The summed E-state index contributed by atoms with van der Waals surface area (Å²) in [6, 6.07) is 10.2. The van der Waals surface area contributed by atoms with Crippen molar-refractivity contribution < 1.29 is 9.53 Å². The molecule has 0 bridgehead atoms. The number of pyridine rings is 1. The Labute approximate surface area is 138 Å². The molecule has 0 spiro atoms. The van der Waals surface area contributed by atoms with E-state index in [4.69, 9.17) is 9.72 Å². The first kappa shape index (κ1) is 15.3. The second-order valence-electron chi connectivity index (χ2n) is 5.49. The Morgan fingerprint density at radius 2 is 2.09 bits per heavy atom. The summed E-state index contributed by atoms with van der Waals surface area (Å²) in [7, 11) is 0. The van der Waals surface area contributed by atoms with E-state index in [1.165, 1.54) is 0 Å². The second-order valence-corrected chi connectivity index (χ2v) is 6.35. The molecule has 1 saturated heterocycles. The Bertz CT molecular complexity index is 681. The lowest BCUT2D eigenvalue weighted by atomic mass is 9.97. The van der Waals surface area contributed by atoms with Gasteiger partial charge in [0.15, 0.2) is 0 Å². The van der Waals surface area contributed by atoms with Crippen LogP contribution in [0.25, 0.3) is 10.9 Å². The van der Waals surface area contributed by atoms with E-state index in [0.29, 0.717) is 6.61 Å². The lowest BCUT2D eigenvalue weighted by molar-refractivity contribution is -0.148. The van der Waals surface area contributed by atoms with Crippen LogP contribution >= 0.6 is 15.9 Å². The van der Waals surface area contributed by atoms with Gasteiger partial charge in [-0.3, -0.25) is 4.79 Å². The van der Waals surface area contributed by atoms with Crippen LogP contribution in [-0.4, -0.2) is 30.6 Å². The smallest absolute Gasteiger partial charge is 0.309 e. The van der Waals surface area contributed by atoms with Crippen LogP contribution in [0.3, 0.4) is 0 Å². The van der Waals surface area contributed by atoms with Crippen molar-refractivity contribution >= 4 is 38.6 Å². The molecule has 0 N–H and O–H groups in total. The van der Waals surface area contributed by atoms with Crippen LogP contribution in [0.15, 0.2) is 34.8 Å². The second kappa shape index (κ2) is 6.65. The average Bonchev–Trinajstić information content (AvgIpc) is 2.55. The molecule has 0 amide bonds. The first-order chi connectivity index (χ1) is 10.7. The molecule has 116 valence electrons. The maximum atomic E-state index is 11.8. The van der Waals surface area contributed by atoms with Crippen LogP contribution < -0.4 is 4.90 Å². The Morgan fingerprint density at radius 1 is 1.32 bits per heavy atom. The number of ether oxygens (including phenoxy) is 1. The molecule has 3 rings (SSSR count). The molecule has 0 atom stereocenters. The quantitative estimate of drug-likeness (QED) is 0.779. The molecule has 1 aliphatic rings. The highest BCUT2D eigenvalue weighted by Crippen LogP contribution is 2.27. The van der Waals surface area contributed by atoms with E-state index < -0.39 is 0 Å². The molecular weight excluding hydrogens is 344 g/mol. The third-order valence-electron chi connectivity index (χ3n) is 4.10. The number of para-hydroxylation sites is 1. The van der Waals surface area contributed by atoms with Gasteiger partial charge >= 0.3 is 5.97 Å². The zero-order valence-corrected chi connectivity index (χ0v) is 14.2. The fraction of sp³-hybridized carbons (Fsp3) is 0.412. The topological polar surface area (TPSA) is 42.4 Å². The van der Waals surface area contributed by atoms with Crippen LogP contribution in [0, 0.1) is 5.92 Å². The molecule has 2 aromatic rings. The highest BCUT2D eigenvalue weighted by Gasteiger charge is 2.26. The molecule has 0 aliphatic carbocycles. The van der Waals surface area contributed by atoms with Crippen LogP contribution in [0.1, 0.15) is 19.8 Å². The predicted molar refractivity (Wildman–Crippen MR) is 91.0 cm³/mol. The summed E-state index contributed by atoms with van der Waals surface area (Å²) in [5.41, 5.74) is 0.979. The van der Waals surface area contributed by atoms with Crippen molar-refractivity contribution in [3.05, 3.63) is 34.8 Å². The van der Waals surface area contributed by atoms with E-state index >= 15 is 0 Å². The Morgan fingerprint density at radius 3 is 2.82 bits per heavy atom. The standard InChI is InChI=1S/C17H19BrN2O2/c1-2-22-17(21)13-8-10-20(11-9-13)15-7-6-12-4-3-5-14(18)16(12)19-15/h3-7,13H,2,8-11H2,1H3. The maximum Gasteiger partial charge on any atom is 0.309 e. The van der Waals surface area contributed by atoms with Gasteiger partial charge in [0.2, 0.25) is 0 Å². The van der Waals surface area contributed by atoms with E-state index in [1.54, 1.807) is 0 Å². The lowest BCUT2D eigenvalue weighted by Gasteiger charge is -2.31. The number of nitrogens with zero attached hydrogens (tertiary/aromatic N) is 2. The summed E-state index contributed by atoms with van der Waals surface area (Å²) in [5, 5.41) is 1.12. The summed E-state index contributed by atoms with van der Waals surface area (Å²) in [6.45, 7) is 3.99. The number of benzene rings is 1. The van der Waals surface area contributed by atoms with Gasteiger partial charge in [0.1, 0.15) is 5.82 Å². The van der Waals surface area contributed by atoms with Crippen molar-refractivity contribution in [2.45, 2.75) is 19.8 Å². The highest BCUT2D eigenvalue weighted by molar-refractivity contribution is 9.10. The number of aromatic nitrogens is 1. The zero-order chi connectivity index (χ0) is 15.5. The first-order valence-corrected chi connectivity index (χ1v) is 8.45. The molecule has 0 saturated carbocycles. The van der Waals surface area contributed by atoms with Crippen molar-refractivity contribution in [2.24, 2.45) is 5.92 Å². The Balaban J connectivity index is 1.74. The molecule has 1 aromatic heterocycles. The number of esters is 1. The molecule has 1 aliphatic heterocycles. The minimum absolute atomic E-state index is 0.0309. The van der Waals surface area contributed by atoms with E-state index in [2.05, 4.69) is 39.0 Å². The minimum Gasteiger partial charge on any atom is -0.466 e. The van der Waals surface area contributed by atoms with Crippen molar-refractivity contribution in [3.63, 3.8) is 0 Å². The number of carbonyl (C=O) groups is 1. The Kier molecular flexibility index (Phi) is 4.62. The van der Waals surface area contributed by atoms with Crippen LogP contribution in [0.5, 0.6) is 0 Å². The molecule has 0 radical (unpaired) electrons. The number of fused-ring (bicyclic) bond motifs is 1. The summed E-state index contributed by atoms with van der Waals surface area (Å²) in [5.74, 6) is 0.946. The third-order valence-corrected chi connectivity index (χ3v) is 4.74. The highest BCUT2D eigenvalue weighted by atomic mass is 79.9. The van der Waals surface area contributed by atoms with Gasteiger partial charge in [0.25, 0.3) is 0 Å². The predicted octanol–water partition coefficient (Wildman–Crippen LogP) is 3.78. The van der Waals surface area contributed by atoms with Gasteiger partial charge < -0.3 is 9.64 Å². The molecule has 1 fully saturated rings.